The lowest BCUT2D eigenvalue weighted by Crippen LogP contribution is -1.93. The second-order valence-electron chi connectivity index (χ2n) is 14.3. The summed E-state index contributed by atoms with van der Waals surface area (Å²) < 4.78 is 0. The number of phenols is 4. The van der Waals surface area contributed by atoms with Crippen molar-refractivity contribution in [3.05, 3.63) is 182 Å². The van der Waals surface area contributed by atoms with Gasteiger partial charge in [0, 0.05) is 33.4 Å². The highest BCUT2D eigenvalue weighted by molar-refractivity contribution is 6.14. The molecule has 0 aliphatic carbocycles. The lowest BCUT2D eigenvalue weighted by molar-refractivity contribution is 0.466. The largest absolute Gasteiger partial charge is 0.507 e. The lowest BCUT2D eigenvalue weighted by atomic mass is 9.85. The van der Waals surface area contributed by atoms with E-state index in [0.29, 0.717) is 33.4 Å². The van der Waals surface area contributed by atoms with Gasteiger partial charge in [-0.3, -0.25) is 0 Å². The van der Waals surface area contributed by atoms with E-state index in [2.05, 4.69) is 48.5 Å². The lowest BCUT2D eigenvalue weighted by Gasteiger charge is -2.20. The van der Waals surface area contributed by atoms with Crippen LogP contribution in [0.15, 0.2) is 182 Å². The first-order chi connectivity index (χ1) is 27.4. The van der Waals surface area contributed by atoms with E-state index in [1.165, 1.54) is 0 Å². The number of rotatable bonds is 5. The molecule has 10 rings (SSSR count). The summed E-state index contributed by atoms with van der Waals surface area (Å²) >= 11 is 0. The Morgan fingerprint density at radius 2 is 0.607 bits per heavy atom. The standard InChI is InChI=1S/C52H34O4/c53-47-25-23-35(39-21-9-15-31-11-1-5-17-37(31)39)27-43(47)45-29-33-13-3-7-19-41(33)49(51(45)55)50-42-20-8-4-14-34(42)30-46(52(50)56)44-28-36(24-26-48(44)54)40-22-10-16-32-12-2-6-18-38(32)40/h1-30,53-56H. The Bertz CT molecular complexity index is 2970. The van der Waals surface area contributed by atoms with Gasteiger partial charge in [-0.15, -0.1) is 0 Å². The second-order valence-corrected chi connectivity index (χ2v) is 14.3. The minimum atomic E-state index is -0.0830. The summed E-state index contributed by atoms with van der Waals surface area (Å²) in [6.07, 6.45) is 0. The fourth-order valence-corrected chi connectivity index (χ4v) is 8.38. The van der Waals surface area contributed by atoms with Crippen LogP contribution in [0.1, 0.15) is 0 Å². The molecule has 0 radical (unpaired) electrons. The molecule has 0 saturated heterocycles. The molecule has 0 heterocycles. The van der Waals surface area contributed by atoms with Crippen molar-refractivity contribution < 1.29 is 20.4 Å². The van der Waals surface area contributed by atoms with Gasteiger partial charge in [0.1, 0.15) is 23.0 Å². The summed E-state index contributed by atoms with van der Waals surface area (Å²) in [6, 6.07) is 58.9. The molecule has 10 aromatic rings. The van der Waals surface area contributed by atoms with Gasteiger partial charge < -0.3 is 20.4 Å². The van der Waals surface area contributed by atoms with E-state index in [-0.39, 0.29) is 23.0 Å². The summed E-state index contributed by atoms with van der Waals surface area (Å²) in [4.78, 5) is 0. The molecule has 4 heteroatoms. The molecule has 56 heavy (non-hydrogen) atoms. The van der Waals surface area contributed by atoms with Gasteiger partial charge in [-0.1, -0.05) is 146 Å². The topological polar surface area (TPSA) is 80.9 Å². The van der Waals surface area contributed by atoms with Crippen molar-refractivity contribution in [2.75, 3.05) is 0 Å². The maximum Gasteiger partial charge on any atom is 0.132 e. The zero-order valence-electron chi connectivity index (χ0n) is 30.1. The molecule has 0 amide bonds. The first kappa shape index (κ1) is 33.0. The van der Waals surface area contributed by atoms with E-state index < -0.39 is 0 Å². The van der Waals surface area contributed by atoms with Gasteiger partial charge in [0.2, 0.25) is 0 Å². The van der Waals surface area contributed by atoms with Crippen LogP contribution < -0.4 is 0 Å². The highest BCUT2D eigenvalue weighted by Gasteiger charge is 2.25. The van der Waals surface area contributed by atoms with Crippen LogP contribution in [0.3, 0.4) is 0 Å². The second kappa shape index (κ2) is 13.1. The van der Waals surface area contributed by atoms with Crippen LogP contribution in [0.4, 0.5) is 0 Å². The summed E-state index contributed by atoms with van der Waals surface area (Å²) in [5.41, 5.74) is 6.41. The molecule has 0 fully saturated rings. The van der Waals surface area contributed by atoms with Crippen molar-refractivity contribution >= 4 is 43.1 Å². The molecular weight excluding hydrogens is 689 g/mol. The normalized spacial score (nSPS) is 11.5. The highest BCUT2D eigenvalue weighted by Crippen LogP contribution is 2.53. The fourth-order valence-electron chi connectivity index (χ4n) is 8.38. The molecule has 0 aromatic heterocycles. The number of aromatic hydroxyl groups is 4. The van der Waals surface area contributed by atoms with Crippen LogP contribution in [0, 0.1) is 0 Å². The van der Waals surface area contributed by atoms with Gasteiger partial charge in [0.15, 0.2) is 0 Å². The fraction of sp³-hybridized carbons (Fsp3) is 0. The SMILES string of the molecule is Oc1ccc(-c2cccc3ccccc23)cc1-c1cc2ccccc2c(-c2c(O)c(-c3cc(-c4cccc5ccccc45)ccc3O)cc3ccccc23)c1O. The Labute approximate surface area is 323 Å². The monoisotopic (exact) mass is 722 g/mol. The van der Waals surface area contributed by atoms with Crippen LogP contribution in [-0.2, 0) is 0 Å². The van der Waals surface area contributed by atoms with Crippen molar-refractivity contribution in [1.82, 2.24) is 0 Å². The van der Waals surface area contributed by atoms with Crippen molar-refractivity contribution in [3.63, 3.8) is 0 Å². The maximum absolute atomic E-state index is 12.6. The van der Waals surface area contributed by atoms with Crippen molar-refractivity contribution in [2.24, 2.45) is 0 Å². The Hall–Kier alpha value is -7.56. The minimum Gasteiger partial charge on any atom is -0.507 e. The Morgan fingerprint density at radius 1 is 0.250 bits per heavy atom. The molecule has 10 aromatic carbocycles. The summed E-state index contributed by atoms with van der Waals surface area (Å²) in [6.45, 7) is 0. The molecule has 0 spiro atoms. The van der Waals surface area contributed by atoms with Crippen molar-refractivity contribution in [2.45, 2.75) is 0 Å². The van der Waals surface area contributed by atoms with E-state index in [1.807, 2.05) is 121 Å². The summed E-state index contributed by atoms with van der Waals surface area (Å²) in [5.74, 6) is -0.132. The molecule has 0 atom stereocenters. The van der Waals surface area contributed by atoms with Gasteiger partial charge in [-0.2, -0.15) is 0 Å². The third-order valence-electron chi connectivity index (χ3n) is 11.1. The molecular formula is C52H34O4. The van der Waals surface area contributed by atoms with Crippen LogP contribution >= 0.6 is 0 Å². The number of hydrogen-bond donors (Lipinski definition) is 4. The van der Waals surface area contributed by atoms with E-state index in [9.17, 15) is 20.4 Å². The maximum atomic E-state index is 12.6. The van der Waals surface area contributed by atoms with Gasteiger partial charge >= 0.3 is 0 Å². The predicted octanol–water partition coefficient (Wildman–Crippen LogP) is 13.5. The molecule has 266 valence electrons. The first-order valence-electron chi connectivity index (χ1n) is 18.6. The average Bonchev–Trinajstić information content (AvgIpc) is 3.24. The van der Waals surface area contributed by atoms with E-state index >= 15 is 0 Å². The van der Waals surface area contributed by atoms with E-state index in [0.717, 1.165) is 65.3 Å². The zero-order chi connectivity index (χ0) is 37.9. The third-order valence-corrected chi connectivity index (χ3v) is 11.1. The Kier molecular flexibility index (Phi) is 7.72. The van der Waals surface area contributed by atoms with Crippen LogP contribution in [0.2, 0.25) is 0 Å². The van der Waals surface area contributed by atoms with Gasteiger partial charge in [0.25, 0.3) is 0 Å². The van der Waals surface area contributed by atoms with Crippen LogP contribution in [0.25, 0.3) is 98.7 Å². The Morgan fingerprint density at radius 3 is 1.04 bits per heavy atom. The van der Waals surface area contributed by atoms with Crippen molar-refractivity contribution in [3.8, 4) is 78.6 Å². The number of benzene rings is 10. The smallest absolute Gasteiger partial charge is 0.132 e. The number of phenolic OH excluding ortho intramolecular Hbond substituents is 4. The van der Waals surface area contributed by atoms with Gasteiger partial charge in [-0.25, -0.2) is 0 Å². The highest BCUT2D eigenvalue weighted by atomic mass is 16.3. The molecule has 0 aliphatic rings. The average molecular weight is 723 g/mol. The zero-order valence-corrected chi connectivity index (χ0v) is 30.1. The molecule has 0 unspecified atom stereocenters. The summed E-state index contributed by atoms with van der Waals surface area (Å²) in [5, 5.41) is 55.5. The minimum absolute atomic E-state index is 0.0171. The molecule has 4 nitrogen and oxygen atoms in total. The number of fused-ring (bicyclic) bond motifs is 4. The molecule has 4 N–H and O–H groups in total. The third kappa shape index (κ3) is 5.31. The quantitative estimate of drug-likeness (QED) is 0.143. The molecule has 0 saturated carbocycles. The van der Waals surface area contributed by atoms with Crippen LogP contribution in [-0.4, -0.2) is 20.4 Å². The Balaban J connectivity index is 1.23. The van der Waals surface area contributed by atoms with E-state index in [4.69, 9.17) is 0 Å². The predicted molar refractivity (Wildman–Crippen MR) is 230 cm³/mol. The van der Waals surface area contributed by atoms with Crippen LogP contribution in [0.5, 0.6) is 23.0 Å². The first-order valence-corrected chi connectivity index (χ1v) is 18.6. The van der Waals surface area contributed by atoms with E-state index in [1.54, 1.807) is 12.1 Å². The summed E-state index contributed by atoms with van der Waals surface area (Å²) in [7, 11) is 0. The molecule has 0 aliphatic heterocycles. The molecule has 0 bridgehead atoms. The number of hydrogen-bond acceptors (Lipinski definition) is 4. The van der Waals surface area contributed by atoms with Gasteiger partial charge in [0.05, 0.1) is 0 Å². The van der Waals surface area contributed by atoms with Gasteiger partial charge in [-0.05, 0) is 102 Å². The van der Waals surface area contributed by atoms with Crippen molar-refractivity contribution in [1.29, 1.82) is 0 Å².